The predicted octanol–water partition coefficient (Wildman–Crippen LogP) is 1.70. The zero-order valence-electron chi connectivity index (χ0n) is 13.2. The van der Waals surface area contributed by atoms with Crippen LogP contribution in [-0.2, 0) is 11.2 Å². The number of aromatic nitrogens is 2. The van der Waals surface area contributed by atoms with Crippen LogP contribution in [0.15, 0.2) is 12.4 Å². The summed E-state index contributed by atoms with van der Waals surface area (Å²) >= 11 is 0. The zero-order chi connectivity index (χ0) is 14.8. The third-order valence-corrected chi connectivity index (χ3v) is 4.97. The summed E-state index contributed by atoms with van der Waals surface area (Å²) in [6.07, 6.45) is 9.29. The minimum Gasteiger partial charge on any atom is -0.339 e. The van der Waals surface area contributed by atoms with Gasteiger partial charge < -0.3 is 9.47 Å². The Morgan fingerprint density at radius 2 is 2.14 bits per heavy atom. The van der Waals surface area contributed by atoms with E-state index in [0.29, 0.717) is 11.9 Å². The lowest BCUT2D eigenvalue weighted by Crippen LogP contribution is -2.48. The normalized spacial score (nSPS) is 27.2. The van der Waals surface area contributed by atoms with Crippen molar-refractivity contribution in [3.8, 4) is 0 Å². The lowest BCUT2D eigenvalue weighted by molar-refractivity contribution is -0.137. The summed E-state index contributed by atoms with van der Waals surface area (Å²) in [5.74, 6) is 1.46. The lowest BCUT2D eigenvalue weighted by atomic mass is 10.0. The maximum atomic E-state index is 12.7. The number of hydrogen-bond acceptors (Lipinski definition) is 3. The standard InChI is InChI=1S/C16H26N4O/c1-3-15-17-8-11-20(15)13-6-4-10-19(12-13)16(21)14-7-5-9-18(14)2/h8,11,13-14H,3-7,9-10,12H2,1-2H3. The third kappa shape index (κ3) is 2.84. The van der Waals surface area contributed by atoms with E-state index in [0.717, 1.165) is 57.6 Å². The van der Waals surface area contributed by atoms with Crippen LogP contribution in [0.3, 0.4) is 0 Å². The molecule has 0 spiro atoms. The molecule has 0 N–H and O–H groups in total. The second-order valence-electron chi connectivity index (χ2n) is 6.32. The first-order chi connectivity index (χ1) is 10.2. The number of hydrogen-bond donors (Lipinski definition) is 0. The highest BCUT2D eigenvalue weighted by atomic mass is 16.2. The van der Waals surface area contributed by atoms with Gasteiger partial charge in [-0.3, -0.25) is 9.69 Å². The average Bonchev–Trinajstić information content (AvgIpc) is 3.15. The van der Waals surface area contributed by atoms with E-state index < -0.39 is 0 Å². The number of piperidine rings is 1. The van der Waals surface area contributed by atoms with Crippen LogP contribution in [0.1, 0.15) is 44.5 Å². The number of carbonyl (C=O) groups is 1. The molecule has 2 unspecified atom stereocenters. The molecule has 0 aliphatic carbocycles. The molecule has 0 saturated carbocycles. The minimum absolute atomic E-state index is 0.109. The van der Waals surface area contributed by atoms with Crippen LogP contribution in [0.25, 0.3) is 0 Å². The number of amides is 1. The molecule has 0 aromatic carbocycles. The highest BCUT2D eigenvalue weighted by Crippen LogP contribution is 2.25. The summed E-state index contributed by atoms with van der Waals surface area (Å²) in [4.78, 5) is 21.5. The van der Waals surface area contributed by atoms with E-state index >= 15 is 0 Å². The number of likely N-dealkylation sites (N-methyl/N-ethyl adjacent to an activating group) is 1. The minimum atomic E-state index is 0.109. The van der Waals surface area contributed by atoms with Gasteiger partial charge in [0.15, 0.2) is 0 Å². The maximum Gasteiger partial charge on any atom is 0.239 e. The summed E-state index contributed by atoms with van der Waals surface area (Å²) < 4.78 is 2.28. The first-order valence-electron chi connectivity index (χ1n) is 8.21. The quantitative estimate of drug-likeness (QED) is 0.851. The second kappa shape index (κ2) is 6.18. The third-order valence-electron chi connectivity index (χ3n) is 4.97. The van der Waals surface area contributed by atoms with E-state index in [9.17, 15) is 4.79 Å². The van der Waals surface area contributed by atoms with E-state index in [-0.39, 0.29) is 6.04 Å². The molecule has 2 aliphatic rings. The number of carbonyl (C=O) groups excluding carboxylic acids is 1. The van der Waals surface area contributed by atoms with Gasteiger partial charge in [-0.05, 0) is 39.3 Å². The Kier molecular flexibility index (Phi) is 4.29. The molecule has 3 heterocycles. The topological polar surface area (TPSA) is 41.4 Å². The Labute approximate surface area is 126 Å². The summed E-state index contributed by atoms with van der Waals surface area (Å²) in [6, 6.07) is 0.504. The van der Waals surface area contributed by atoms with E-state index in [4.69, 9.17) is 0 Å². The Bertz CT molecular complexity index is 498. The van der Waals surface area contributed by atoms with Crippen LogP contribution in [0.2, 0.25) is 0 Å². The Morgan fingerprint density at radius 1 is 1.33 bits per heavy atom. The van der Waals surface area contributed by atoms with Crippen molar-refractivity contribution in [3.05, 3.63) is 18.2 Å². The largest absolute Gasteiger partial charge is 0.339 e. The van der Waals surface area contributed by atoms with Crippen molar-refractivity contribution in [2.24, 2.45) is 0 Å². The Balaban J connectivity index is 1.69. The molecule has 2 saturated heterocycles. The summed E-state index contributed by atoms with van der Waals surface area (Å²) in [6.45, 7) is 4.94. The fourth-order valence-corrected chi connectivity index (χ4v) is 3.77. The van der Waals surface area contributed by atoms with Gasteiger partial charge in [-0.1, -0.05) is 6.92 Å². The molecular weight excluding hydrogens is 264 g/mol. The smallest absolute Gasteiger partial charge is 0.239 e. The van der Waals surface area contributed by atoms with E-state index in [1.54, 1.807) is 0 Å². The molecule has 3 rings (SSSR count). The monoisotopic (exact) mass is 290 g/mol. The molecular formula is C16H26N4O. The van der Waals surface area contributed by atoms with Crippen molar-refractivity contribution in [1.29, 1.82) is 0 Å². The van der Waals surface area contributed by atoms with Gasteiger partial charge in [0.25, 0.3) is 0 Å². The predicted molar refractivity (Wildman–Crippen MR) is 82.1 cm³/mol. The molecule has 21 heavy (non-hydrogen) atoms. The van der Waals surface area contributed by atoms with Crippen molar-refractivity contribution in [1.82, 2.24) is 19.4 Å². The van der Waals surface area contributed by atoms with Crippen molar-refractivity contribution in [2.75, 3.05) is 26.7 Å². The Morgan fingerprint density at radius 3 is 2.86 bits per heavy atom. The van der Waals surface area contributed by atoms with Gasteiger partial charge in [0.05, 0.1) is 12.1 Å². The van der Waals surface area contributed by atoms with Gasteiger partial charge in [0.2, 0.25) is 5.91 Å². The molecule has 5 nitrogen and oxygen atoms in total. The van der Waals surface area contributed by atoms with Gasteiger partial charge in [-0.15, -0.1) is 0 Å². The SMILES string of the molecule is CCc1nccn1C1CCCN(C(=O)C2CCCN2C)C1. The summed E-state index contributed by atoms with van der Waals surface area (Å²) in [5, 5.41) is 0. The first kappa shape index (κ1) is 14.6. The maximum absolute atomic E-state index is 12.7. The molecule has 0 bridgehead atoms. The molecule has 2 atom stereocenters. The summed E-state index contributed by atoms with van der Waals surface area (Å²) in [7, 11) is 2.07. The number of nitrogens with zero attached hydrogens (tertiary/aromatic N) is 4. The molecule has 1 amide bonds. The summed E-state index contributed by atoms with van der Waals surface area (Å²) in [5.41, 5.74) is 0. The van der Waals surface area contributed by atoms with Gasteiger partial charge >= 0.3 is 0 Å². The highest BCUT2D eigenvalue weighted by Gasteiger charge is 2.34. The van der Waals surface area contributed by atoms with Crippen LogP contribution in [0.5, 0.6) is 0 Å². The van der Waals surface area contributed by atoms with Crippen LogP contribution in [-0.4, -0.2) is 58.0 Å². The fraction of sp³-hybridized carbons (Fsp3) is 0.750. The van der Waals surface area contributed by atoms with Gasteiger partial charge in [0.1, 0.15) is 5.82 Å². The number of aryl methyl sites for hydroxylation is 1. The molecule has 1 aromatic heterocycles. The molecule has 1 aromatic rings. The van der Waals surface area contributed by atoms with Crippen LogP contribution in [0.4, 0.5) is 0 Å². The van der Waals surface area contributed by atoms with Gasteiger partial charge in [-0.25, -0.2) is 4.98 Å². The molecule has 2 fully saturated rings. The molecule has 0 radical (unpaired) electrons. The Hall–Kier alpha value is -1.36. The van der Waals surface area contributed by atoms with Crippen LogP contribution in [0, 0.1) is 0 Å². The van der Waals surface area contributed by atoms with Crippen molar-refractivity contribution < 1.29 is 4.79 Å². The molecule has 5 heteroatoms. The van der Waals surface area contributed by atoms with Crippen LogP contribution < -0.4 is 0 Å². The average molecular weight is 290 g/mol. The molecule has 116 valence electrons. The number of rotatable bonds is 3. The van der Waals surface area contributed by atoms with Crippen LogP contribution >= 0.6 is 0 Å². The first-order valence-corrected chi connectivity index (χ1v) is 8.21. The van der Waals surface area contributed by atoms with Gasteiger partial charge in [-0.2, -0.15) is 0 Å². The fourth-order valence-electron chi connectivity index (χ4n) is 3.77. The zero-order valence-corrected chi connectivity index (χ0v) is 13.2. The number of imidazole rings is 1. The second-order valence-corrected chi connectivity index (χ2v) is 6.32. The number of likely N-dealkylation sites (tertiary alicyclic amines) is 2. The molecule has 2 aliphatic heterocycles. The van der Waals surface area contributed by atoms with Crippen molar-refractivity contribution in [2.45, 2.75) is 51.1 Å². The van der Waals surface area contributed by atoms with E-state index in [1.165, 1.54) is 0 Å². The van der Waals surface area contributed by atoms with E-state index in [2.05, 4.69) is 39.5 Å². The van der Waals surface area contributed by atoms with Crippen molar-refractivity contribution in [3.63, 3.8) is 0 Å². The van der Waals surface area contributed by atoms with Crippen molar-refractivity contribution >= 4 is 5.91 Å². The van der Waals surface area contributed by atoms with E-state index in [1.807, 2.05) is 6.20 Å². The van der Waals surface area contributed by atoms with Gasteiger partial charge in [0, 0.05) is 31.9 Å². The highest BCUT2D eigenvalue weighted by molar-refractivity contribution is 5.82. The lowest BCUT2D eigenvalue weighted by Gasteiger charge is -2.36.